The van der Waals surface area contributed by atoms with Gasteiger partial charge in [0.2, 0.25) is 0 Å². The average molecular weight is 408 g/mol. The molecular formula is C24H29N3O3. The number of pyridine rings is 1. The highest BCUT2D eigenvalue weighted by molar-refractivity contribution is 5.94. The van der Waals surface area contributed by atoms with Crippen molar-refractivity contribution in [2.24, 2.45) is 11.8 Å². The molecule has 0 bridgehead atoms. The molecule has 0 saturated carbocycles. The minimum Gasteiger partial charge on any atom is -0.483 e. The van der Waals surface area contributed by atoms with Gasteiger partial charge in [0.05, 0.1) is 11.6 Å². The third-order valence-electron chi connectivity index (χ3n) is 5.81. The number of fused-ring (bicyclic) bond motifs is 1. The van der Waals surface area contributed by atoms with Crippen molar-refractivity contribution in [2.45, 2.75) is 19.9 Å². The Labute approximate surface area is 177 Å². The number of allylic oxidation sites excluding steroid dienone is 1. The van der Waals surface area contributed by atoms with E-state index >= 15 is 0 Å². The Hall–Kier alpha value is -2.99. The number of hydrogen-bond donors (Lipinski definition) is 1. The van der Waals surface area contributed by atoms with Gasteiger partial charge in [-0.25, -0.2) is 0 Å². The summed E-state index contributed by atoms with van der Waals surface area (Å²) in [4.78, 5) is 30.3. The summed E-state index contributed by atoms with van der Waals surface area (Å²) in [6.45, 7) is 7.99. The highest BCUT2D eigenvalue weighted by atomic mass is 16.3. The van der Waals surface area contributed by atoms with Crippen LogP contribution in [0, 0.1) is 11.8 Å². The van der Waals surface area contributed by atoms with Crippen LogP contribution in [0.3, 0.4) is 0 Å². The first-order valence-corrected chi connectivity index (χ1v) is 10.2. The van der Waals surface area contributed by atoms with Crippen molar-refractivity contribution in [1.82, 2.24) is 14.8 Å². The van der Waals surface area contributed by atoms with Crippen molar-refractivity contribution in [3.63, 3.8) is 0 Å². The van der Waals surface area contributed by atoms with Gasteiger partial charge in [0.1, 0.15) is 0 Å². The Bertz CT molecular complexity index is 866. The lowest BCUT2D eigenvalue weighted by atomic mass is 9.89. The Balaban J connectivity index is 0.000000806. The van der Waals surface area contributed by atoms with Crippen LogP contribution in [0.1, 0.15) is 35.8 Å². The maximum Gasteiger partial charge on any atom is 0.290 e. The zero-order valence-corrected chi connectivity index (χ0v) is 17.5. The SMILES string of the molecule is CC(C)=CCN1C[C@H]2CN(C(=O)c3cccnc3)[C@H](c3ccccc3)[C@H]2C1.O=CO. The van der Waals surface area contributed by atoms with E-state index in [4.69, 9.17) is 9.90 Å². The molecule has 2 aliphatic rings. The van der Waals surface area contributed by atoms with Gasteiger partial charge in [-0.15, -0.1) is 0 Å². The molecule has 0 radical (unpaired) electrons. The molecule has 1 amide bonds. The molecule has 0 unspecified atom stereocenters. The van der Waals surface area contributed by atoms with Crippen LogP contribution < -0.4 is 0 Å². The number of likely N-dealkylation sites (tertiary alicyclic amines) is 2. The summed E-state index contributed by atoms with van der Waals surface area (Å²) in [6, 6.07) is 14.4. The highest BCUT2D eigenvalue weighted by Gasteiger charge is 2.48. The van der Waals surface area contributed by atoms with Crippen molar-refractivity contribution in [3.8, 4) is 0 Å². The predicted octanol–water partition coefficient (Wildman–Crippen LogP) is 3.49. The van der Waals surface area contributed by atoms with Crippen LogP contribution in [-0.4, -0.2) is 58.4 Å². The van der Waals surface area contributed by atoms with Gasteiger partial charge in [0, 0.05) is 44.5 Å². The number of amides is 1. The molecular weight excluding hydrogens is 378 g/mol. The second-order valence-electron chi connectivity index (χ2n) is 8.08. The third kappa shape index (κ3) is 4.94. The highest BCUT2D eigenvalue weighted by Crippen LogP contribution is 2.45. The van der Waals surface area contributed by atoms with Gasteiger partial charge in [0.25, 0.3) is 12.4 Å². The van der Waals surface area contributed by atoms with Crippen LogP contribution in [0.5, 0.6) is 0 Å². The van der Waals surface area contributed by atoms with E-state index in [1.54, 1.807) is 12.4 Å². The molecule has 2 aliphatic heterocycles. The number of rotatable bonds is 4. The molecule has 1 aromatic heterocycles. The Kier molecular flexibility index (Phi) is 7.36. The first-order chi connectivity index (χ1) is 14.5. The smallest absolute Gasteiger partial charge is 0.290 e. The topological polar surface area (TPSA) is 73.7 Å². The van der Waals surface area contributed by atoms with Crippen molar-refractivity contribution in [2.75, 3.05) is 26.2 Å². The summed E-state index contributed by atoms with van der Waals surface area (Å²) in [6.07, 6.45) is 5.70. The monoisotopic (exact) mass is 407 g/mol. The fourth-order valence-corrected chi connectivity index (χ4v) is 4.54. The molecule has 3 atom stereocenters. The van der Waals surface area contributed by atoms with Crippen LogP contribution in [0.4, 0.5) is 0 Å². The lowest BCUT2D eigenvalue weighted by Crippen LogP contribution is -2.35. The lowest BCUT2D eigenvalue weighted by Gasteiger charge is -2.30. The molecule has 4 rings (SSSR count). The van der Waals surface area contributed by atoms with E-state index in [2.05, 4.69) is 59.0 Å². The summed E-state index contributed by atoms with van der Waals surface area (Å²) in [5, 5.41) is 6.89. The molecule has 30 heavy (non-hydrogen) atoms. The molecule has 1 aromatic carbocycles. The van der Waals surface area contributed by atoms with Gasteiger partial charge < -0.3 is 10.0 Å². The van der Waals surface area contributed by atoms with E-state index < -0.39 is 0 Å². The Morgan fingerprint density at radius 2 is 1.87 bits per heavy atom. The maximum atomic E-state index is 13.2. The number of hydrogen-bond acceptors (Lipinski definition) is 4. The largest absolute Gasteiger partial charge is 0.483 e. The van der Waals surface area contributed by atoms with Crippen molar-refractivity contribution >= 4 is 12.4 Å². The minimum absolute atomic E-state index is 0.0993. The quantitative estimate of drug-likeness (QED) is 0.620. The lowest BCUT2D eigenvalue weighted by molar-refractivity contribution is -0.122. The van der Waals surface area contributed by atoms with Gasteiger partial charge in [0.15, 0.2) is 0 Å². The Morgan fingerprint density at radius 3 is 2.50 bits per heavy atom. The number of aromatic nitrogens is 1. The molecule has 158 valence electrons. The fourth-order valence-electron chi connectivity index (χ4n) is 4.54. The second-order valence-corrected chi connectivity index (χ2v) is 8.08. The molecule has 6 heteroatoms. The molecule has 2 aromatic rings. The predicted molar refractivity (Wildman–Crippen MR) is 116 cm³/mol. The van der Waals surface area contributed by atoms with Gasteiger partial charge >= 0.3 is 0 Å². The number of benzene rings is 1. The number of carboxylic acid groups (broad SMARTS) is 1. The number of carbonyl (C=O) groups excluding carboxylic acids is 1. The minimum atomic E-state index is -0.250. The third-order valence-corrected chi connectivity index (χ3v) is 5.81. The van der Waals surface area contributed by atoms with Crippen molar-refractivity contribution in [1.29, 1.82) is 0 Å². The van der Waals surface area contributed by atoms with Crippen LogP contribution in [0.15, 0.2) is 66.5 Å². The summed E-state index contributed by atoms with van der Waals surface area (Å²) >= 11 is 0. The fraction of sp³-hybridized carbons (Fsp3) is 0.375. The standard InChI is InChI=1S/C23H27N3O.CH2O2/c1-17(2)10-12-25-14-20-15-26(23(27)19-9-6-11-24-13-19)22(21(20)16-25)18-7-4-3-5-8-18;2-1-3/h3-11,13,20-22H,12,14-16H2,1-2H3;1H,(H,2,3)/t20-,21-,22+;/m0./s1. The van der Waals surface area contributed by atoms with E-state index in [0.717, 1.165) is 26.2 Å². The second kappa shape index (κ2) is 10.2. The van der Waals surface area contributed by atoms with E-state index in [9.17, 15) is 4.79 Å². The van der Waals surface area contributed by atoms with E-state index in [1.165, 1.54) is 11.1 Å². The van der Waals surface area contributed by atoms with E-state index in [-0.39, 0.29) is 18.4 Å². The van der Waals surface area contributed by atoms with Gasteiger partial charge in [-0.05, 0) is 37.5 Å². The van der Waals surface area contributed by atoms with Gasteiger partial charge in [-0.3, -0.25) is 19.5 Å². The molecule has 1 N–H and O–H groups in total. The normalized spacial score (nSPS) is 22.6. The zero-order valence-electron chi connectivity index (χ0n) is 17.5. The molecule has 2 saturated heterocycles. The average Bonchev–Trinajstić information content (AvgIpc) is 3.31. The van der Waals surface area contributed by atoms with Crippen LogP contribution in [0.25, 0.3) is 0 Å². The zero-order chi connectivity index (χ0) is 21.5. The molecule has 3 heterocycles. The van der Waals surface area contributed by atoms with Gasteiger partial charge in [-0.1, -0.05) is 42.0 Å². The molecule has 0 aliphatic carbocycles. The van der Waals surface area contributed by atoms with Gasteiger partial charge in [-0.2, -0.15) is 0 Å². The molecule has 6 nitrogen and oxygen atoms in total. The molecule has 0 spiro atoms. The maximum absolute atomic E-state index is 13.2. The van der Waals surface area contributed by atoms with Crippen molar-refractivity contribution in [3.05, 3.63) is 77.6 Å². The Morgan fingerprint density at radius 1 is 1.13 bits per heavy atom. The number of carbonyl (C=O) groups is 2. The van der Waals surface area contributed by atoms with E-state index in [1.807, 2.05) is 18.2 Å². The first kappa shape index (κ1) is 21.7. The number of nitrogens with zero attached hydrogens (tertiary/aromatic N) is 3. The van der Waals surface area contributed by atoms with Crippen LogP contribution in [0.2, 0.25) is 0 Å². The van der Waals surface area contributed by atoms with Crippen LogP contribution in [-0.2, 0) is 4.79 Å². The summed E-state index contributed by atoms with van der Waals surface area (Å²) in [7, 11) is 0. The summed E-state index contributed by atoms with van der Waals surface area (Å²) < 4.78 is 0. The van der Waals surface area contributed by atoms with Crippen molar-refractivity contribution < 1.29 is 14.7 Å². The van der Waals surface area contributed by atoms with Crippen LogP contribution >= 0.6 is 0 Å². The summed E-state index contributed by atoms with van der Waals surface area (Å²) in [5.41, 5.74) is 3.28. The van der Waals surface area contributed by atoms with E-state index in [0.29, 0.717) is 17.4 Å². The molecule has 2 fully saturated rings. The first-order valence-electron chi connectivity index (χ1n) is 10.2. The summed E-state index contributed by atoms with van der Waals surface area (Å²) in [5.74, 6) is 1.11.